The zero-order valence-corrected chi connectivity index (χ0v) is 15.0. The number of methoxy groups -OCH3 is 2. The van der Waals surface area contributed by atoms with Crippen molar-refractivity contribution in [3.8, 4) is 22.9 Å². The number of benzene rings is 1. The number of esters is 1. The Kier molecular flexibility index (Phi) is 5.65. The van der Waals surface area contributed by atoms with E-state index in [0.717, 1.165) is 5.56 Å². The van der Waals surface area contributed by atoms with Crippen molar-refractivity contribution in [3.05, 3.63) is 52.6 Å². The molecule has 0 spiro atoms. The molecule has 2 aromatic heterocycles. The van der Waals surface area contributed by atoms with Crippen molar-refractivity contribution >= 4 is 23.4 Å². The zero-order valence-electron chi connectivity index (χ0n) is 14.2. The second kappa shape index (κ2) is 8.30. The Balaban J connectivity index is 1.60. The van der Waals surface area contributed by atoms with Gasteiger partial charge in [-0.25, -0.2) is 4.79 Å². The highest BCUT2D eigenvalue weighted by Gasteiger charge is 2.10. The van der Waals surface area contributed by atoms with Crippen molar-refractivity contribution < 1.29 is 23.5 Å². The maximum Gasteiger partial charge on any atom is 0.331 e. The summed E-state index contributed by atoms with van der Waals surface area (Å²) in [6.45, 7) is -0.102. The summed E-state index contributed by atoms with van der Waals surface area (Å²) >= 11 is 1.54. The van der Waals surface area contributed by atoms with Crippen LogP contribution in [0.25, 0.3) is 17.5 Å². The van der Waals surface area contributed by atoms with Crippen molar-refractivity contribution in [2.24, 2.45) is 0 Å². The molecule has 0 bridgehead atoms. The first-order chi connectivity index (χ1) is 12.7. The van der Waals surface area contributed by atoms with Crippen molar-refractivity contribution in [3.63, 3.8) is 0 Å². The molecule has 1 aromatic carbocycles. The number of hydrogen-bond acceptors (Lipinski definition) is 8. The molecule has 0 saturated heterocycles. The van der Waals surface area contributed by atoms with Crippen LogP contribution in [-0.2, 0) is 16.1 Å². The SMILES string of the molecule is COc1ccc(OC)c(/C=C/C(=O)OCc2nc(-c3ccsc3)no2)c1. The molecule has 0 radical (unpaired) electrons. The third-order valence-corrected chi connectivity index (χ3v) is 4.10. The van der Waals surface area contributed by atoms with Crippen LogP contribution in [0.15, 0.2) is 45.6 Å². The number of thiophene rings is 1. The minimum absolute atomic E-state index is 0.102. The molecule has 0 unspecified atom stereocenters. The summed E-state index contributed by atoms with van der Waals surface area (Å²) in [7, 11) is 3.12. The summed E-state index contributed by atoms with van der Waals surface area (Å²) in [6, 6.07) is 7.17. The normalized spacial score (nSPS) is 10.8. The molecule has 0 aliphatic heterocycles. The fraction of sp³-hybridized carbons (Fsp3) is 0.167. The topological polar surface area (TPSA) is 83.7 Å². The Morgan fingerprint density at radius 2 is 2.15 bits per heavy atom. The molecule has 0 atom stereocenters. The Bertz CT molecular complexity index is 902. The van der Waals surface area contributed by atoms with E-state index < -0.39 is 5.97 Å². The molecule has 8 heteroatoms. The van der Waals surface area contributed by atoms with Crippen LogP contribution in [-0.4, -0.2) is 30.3 Å². The minimum atomic E-state index is -0.537. The van der Waals surface area contributed by atoms with Crippen LogP contribution >= 0.6 is 11.3 Å². The van der Waals surface area contributed by atoms with E-state index in [1.165, 1.54) is 17.4 Å². The third-order valence-electron chi connectivity index (χ3n) is 3.42. The van der Waals surface area contributed by atoms with Gasteiger partial charge in [0, 0.05) is 22.6 Å². The van der Waals surface area contributed by atoms with Gasteiger partial charge in [-0.3, -0.25) is 0 Å². The van der Waals surface area contributed by atoms with Crippen LogP contribution in [0.4, 0.5) is 0 Å². The number of aromatic nitrogens is 2. The van der Waals surface area contributed by atoms with Crippen LogP contribution < -0.4 is 9.47 Å². The molecule has 0 fully saturated rings. The second-order valence-electron chi connectivity index (χ2n) is 5.07. The van der Waals surface area contributed by atoms with Gasteiger partial charge in [0.05, 0.1) is 14.2 Å². The third kappa shape index (κ3) is 4.28. The van der Waals surface area contributed by atoms with Crippen LogP contribution in [0, 0.1) is 0 Å². The molecule has 0 amide bonds. The number of rotatable bonds is 7. The summed E-state index contributed by atoms with van der Waals surface area (Å²) in [5.74, 6) is 1.43. The van der Waals surface area contributed by atoms with Gasteiger partial charge in [0.25, 0.3) is 5.89 Å². The fourth-order valence-electron chi connectivity index (χ4n) is 2.13. The number of hydrogen-bond donors (Lipinski definition) is 0. The molecule has 3 rings (SSSR count). The smallest absolute Gasteiger partial charge is 0.331 e. The van der Waals surface area contributed by atoms with Gasteiger partial charge in [-0.05, 0) is 35.7 Å². The van der Waals surface area contributed by atoms with Gasteiger partial charge in [-0.2, -0.15) is 16.3 Å². The molecular formula is C18H16N2O5S. The lowest BCUT2D eigenvalue weighted by molar-refractivity contribution is -0.139. The first-order valence-corrected chi connectivity index (χ1v) is 8.56. The lowest BCUT2D eigenvalue weighted by Crippen LogP contribution is -2.01. The number of carbonyl (C=O) groups is 1. The predicted octanol–water partition coefficient (Wildman–Crippen LogP) is 3.57. The summed E-state index contributed by atoms with van der Waals surface area (Å²) in [4.78, 5) is 16.1. The van der Waals surface area contributed by atoms with Gasteiger partial charge in [-0.1, -0.05) is 5.16 Å². The average molecular weight is 372 g/mol. The predicted molar refractivity (Wildman–Crippen MR) is 96.0 cm³/mol. The van der Waals surface area contributed by atoms with Crippen molar-refractivity contribution in [1.82, 2.24) is 10.1 Å². The largest absolute Gasteiger partial charge is 0.497 e. The quantitative estimate of drug-likeness (QED) is 0.463. The van der Waals surface area contributed by atoms with E-state index in [1.807, 2.05) is 16.8 Å². The minimum Gasteiger partial charge on any atom is -0.497 e. The summed E-state index contributed by atoms with van der Waals surface area (Å²) in [6.07, 6.45) is 2.89. The van der Waals surface area contributed by atoms with Gasteiger partial charge in [0.1, 0.15) is 11.5 Å². The van der Waals surface area contributed by atoms with E-state index in [1.54, 1.807) is 38.5 Å². The van der Waals surface area contributed by atoms with E-state index >= 15 is 0 Å². The Hall–Kier alpha value is -3.13. The number of ether oxygens (including phenoxy) is 3. The number of nitrogens with zero attached hydrogens (tertiary/aromatic N) is 2. The Labute approximate surface area is 153 Å². The highest BCUT2D eigenvalue weighted by molar-refractivity contribution is 7.08. The van der Waals surface area contributed by atoms with Crippen LogP contribution in [0.2, 0.25) is 0 Å². The molecule has 26 heavy (non-hydrogen) atoms. The number of carbonyl (C=O) groups excluding carboxylic acids is 1. The molecule has 0 N–H and O–H groups in total. The second-order valence-corrected chi connectivity index (χ2v) is 5.85. The van der Waals surface area contributed by atoms with Crippen molar-refractivity contribution in [2.45, 2.75) is 6.61 Å². The standard InChI is InChI=1S/C18H16N2O5S/c1-22-14-4-5-15(23-2)12(9-14)3-6-17(21)24-10-16-19-18(20-25-16)13-7-8-26-11-13/h3-9,11H,10H2,1-2H3/b6-3+. The van der Waals surface area contributed by atoms with Crippen LogP contribution in [0.5, 0.6) is 11.5 Å². The molecule has 0 aliphatic carbocycles. The molecule has 0 aliphatic rings. The van der Waals surface area contributed by atoms with Crippen LogP contribution in [0.1, 0.15) is 11.5 Å². The van der Waals surface area contributed by atoms with E-state index in [0.29, 0.717) is 22.9 Å². The van der Waals surface area contributed by atoms with Gasteiger partial charge >= 0.3 is 5.97 Å². The van der Waals surface area contributed by atoms with Crippen molar-refractivity contribution in [2.75, 3.05) is 14.2 Å². The molecular weight excluding hydrogens is 356 g/mol. The summed E-state index contributed by atoms with van der Waals surface area (Å²) in [5, 5.41) is 7.68. The molecule has 3 aromatic rings. The first-order valence-electron chi connectivity index (χ1n) is 7.61. The maximum absolute atomic E-state index is 11.9. The van der Waals surface area contributed by atoms with E-state index in [9.17, 15) is 4.79 Å². The highest BCUT2D eigenvalue weighted by Crippen LogP contribution is 2.25. The van der Waals surface area contributed by atoms with Crippen molar-refractivity contribution in [1.29, 1.82) is 0 Å². The lowest BCUT2D eigenvalue weighted by atomic mass is 10.1. The summed E-state index contributed by atoms with van der Waals surface area (Å²) < 4.78 is 20.6. The Morgan fingerprint density at radius 1 is 1.27 bits per heavy atom. The molecule has 0 saturated carbocycles. The van der Waals surface area contributed by atoms with Crippen LogP contribution in [0.3, 0.4) is 0 Å². The van der Waals surface area contributed by atoms with Gasteiger partial charge in [0.15, 0.2) is 6.61 Å². The van der Waals surface area contributed by atoms with E-state index in [4.69, 9.17) is 18.7 Å². The monoisotopic (exact) mass is 372 g/mol. The van der Waals surface area contributed by atoms with Gasteiger partial charge < -0.3 is 18.7 Å². The molecule has 2 heterocycles. The Morgan fingerprint density at radius 3 is 2.88 bits per heavy atom. The average Bonchev–Trinajstić information content (AvgIpc) is 3.35. The highest BCUT2D eigenvalue weighted by atomic mass is 32.1. The molecule has 7 nitrogen and oxygen atoms in total. The van der Waals surface area contributed by atoms with E-state index in [2.05, 4.69) is 10.1 Å². The first kappa shape index (κ1) is 17.7. The lowest BCUT2D eigenvalue weighted by Gasteiger charge is -2.07. The molecule has 134 valence electrons. The summed E-state index contributed by atoms with van der Waals surface area (Å²) in [5.41, 5.74) is 1.56. The van der Waals surface area contributed by atoms with Gasteiger partial charge in [-0.15, -0.1) is 0 Å². The van der Waals surface area contributed by atoms with E-state index in [-0.39, 0.29) is 12.5 Å². The fourth-order valence-corrected chi connectivity index (χ4v) is 2.77. The maximum atomic E-state index is 11.9. The van der Waals surface area contributed by atoms with Gasteiger partial charge in [0.2, 0.25) is 5.82 Å². The zero-order chi connectivity index (χ0) is 18.4.